The molecule has 0 atom stereocenters. The van der Waals surface area contributed by atoms with Gasteiger partial charge < -0.3 is 11.5 Å². The maximum Gasteiger partial charge on any atom is 0.0352 e. The second-order valence-electron chi connectivity index (χ2n) is 10.4. The highest BCUT2D eigenvalue weighted by atomic mass is 14.6. The monoisotopic (exact) mass is 442 g/mol. The van der Waals surface area contributed by atoms with E-state index in [1.54, 1.807) is 0 Å². The Morgan fingerprint density at radius 3 is 1.32 bits per heavy atom. The van der Waals surface area contributed by atoms with E-state index >= 15 is 0 Å². The molecule has 0 heterocycles. The maximum absolute atomic E-state index is 6.63. The molecule has 0 unspecified atom stereocenters. The van der Waals surface area contributed by atoms with Crippen molar-refractivity contribution in [1.29, 1.82) is 0 Å². The molecule has 4 aromatic rings. The lowest BCUT2D eigenvalue weighted by Crippen LogP contribution is -2.17. The zero-order valence-corrected chi connectivity index (χ0v) is 19.5. The van der Waals surface area contributed by atoms with Crippen LogP contribution in [0.3, 0.4) is 0 Å². The summed E-state index contributed by atoms with van der Waals surface area (Å²) >= 11 is 0. The van der Waals surface area contributed by atoms with E-state index in [0.29, 0.717) is 11.8 Å². The van der Waals surface area contributed by atoms with E-state index < -0.39 is 0 Å². The number of nitrogens with two attached hydrogens (primary N) is 2. The average Bonchev–Trinajstić information content (AvgIpc) is 3.42. The van der Waals surface area contributed by atoms with Gasteiger partial charge in [-0.25, -0.2) is 0 Å². The fourth-order valence-electron chi connectivity index (χ4n) is 7.14. The van der Waals surface area contributed by atoms with Crippen LogP contribution >= 0.6 is 0 Å². The van der Waals surface area contributed by atoms with Crippen LogP contribution in [0.25, 0.3) is 22.3 Å². The molecule has 2 heteroatoms. The summed E-state index contributed by atoms with van der Waals surface area (Å²) in [5, 5.41) is 0. The summed E-state index contributed by atoms with van der Waals surface area (Å²) in [4.78, 5) is 0. The molecule has 34 heavy (non-hydrogen) atoms. The molecule has 3 aliphatic carbocycles. The van der Waals surface area contributed by atoms with Crippen molar-refractivity contribution in [1.82, 2.24) is 0 Å². The molecule has 0 saturated heterocycles. The van der Waals surface area contributed by atoms with Crippen molar-refractivity contribution in [2.45, 2.75) is 50.4 Å². The Bertz CT molecular complexity index is 1330. The van der Waals surface area contributed by atoms with Crippen LogP contribution in [0.5, 0.6) is 0 Å². The number of hydrogen-bond donors (Lipinski definition) is 2. The Morgan fingerprint density at radius 2 is 0.882 bits per heavy atom. The molecule has 4 N–H and O–H groups in total. The molecule has 1 saturated carbocycles. The molecule has 0 spiro atoms. The first kappa shape index (κ1) is 19.9. The Balaban J connectivity index is 1.19. The Kier molecular flexibility index (Phi) is 4.39. The first-order valence-electron chi connectivity index (χ1n) is 12.7. The molecule has 0 aromatic heterocycles. The molecule has 168 valence electrons. The van der Waals surface area contributed by atoms with Gasteiger partial charge >= 0.3 is 0 Å². The van der Waals surface area contributed by atoms with Crippen LogP contribution in [-0.2, 0) is 12.8 Å². The van der Waals surface area contributed by atoms with Gasteiger partial charge in [-0.05, 0) is 118 Å². The van der Waals surface area contributed by atoms with Gasteiger partial charge in [0.2, 0.25) is 0 Å². The van der Waals surface area contributed by atoms with Gasteiger partial charge in [0, 0.05) is 11.4 Å². The molecule has 4 aromatic carbocycles. The van der Waals surface area contributed by atoms with Gasteiger partial charge in [-0.1, -0.05) is 60.7 Å². The van der Waals surface area contributed by atoms with Gasteiger partial charge in [0.25, 0.3) is 0 Å². The Morgan fingerprint density at radius 1 is 0.471 bits per heavy atom. The fraction of sp³-hybridized carbons (Fsp3) is 0.250. The first-order chi connectivity index (χ1) is 16.7. The molecular weight excluding hydrogens is 412 g/mol. The molecular formula is C32H30N2. The molecule has 2 nitrogen and oxygen atoms in total. The Labute approximate surface area is 201 Å². The number of hydrogen-bond acceptors (Lipinski definition) is 2. The van der Waals surface area contributed by atoms with Crippen LogP contribution in [0.15, 0.2) is 72.8 Å². The molecule has 0 aliphatic heterocycles. The molecule has 1 fully saturated rings. The van der Waals surface area contributed by atoms with E-state index in [-0.39, 0.29) is 0 Å². The summed E-state index contributed by atoms with van der Waals surface area (Å²) in [5.74, 6) is 1.08. The number of nitrogen functional groups attached to an aromatic ring is 2. The lowest BCUT2D eigenvalue weighted by molar-refractivity contribution is 0.395. The third kappa shape index (κ3) is 2.88. The van der Waals surface area contributed by atoms with E-state index in [4.69, 9.17) is 11.5 Å². The van der Waals surface area contributed by atoms with Gasteiger partial charge in [0.05, 0.1) is 0 Å². The predicted molar refractivity (Wildman–Crippen MR) is 142 cm³/mol. The maximum atomic E-state index is 6.63. The Hall–Kier alpha value is -3.52. The summed E-state index contributed by atoms with van der Waals surface area (Å²) in [7, 11) is 0. The van der Waals surface area contributed by atoms with Gasteiger partial charge in [-0.15, -0.1) is 0 Å². The van der Waals surface area contributed by atoms with E-state index in [1.807, 2.05) is 0 Å². The topological polar surface area (TPSA) is 52.0 Å². The molecule has 0 bridgehead atoms. The van der Waals surface area contributed by atoms with Crippen molar-refractivity contribution in [3.8, 4) is 22.3 Å². The number of rotatable bonds is 2. The van der Waals surface area contributed by atoms with Crippen LogP contribution in [0.2, 0.25) is 0 Å². The van der Waals surface area contributed by atoms with Gasteiger partial charge in [0.1, 0.15) is 0 Å². The van der Waals surface area contributed by atoms with Crippen molar-refractivity contribution < 1.29 is 0 Å². The zero-order valence-electron chi connectivity index (χ0n) is 19.5. The number of anilines is 2. The quantitative estimate of drug-likeness (QED) is 0.274. The van der Waals surface area contributed by atoms with Gasteiger partial charge in [0.15, 0.2) is 0 Å². The van der Waals surface area contributed by atoms with Crippen molar-refractivity contribution in [3.05, 3.63) is 106 Å². The summed E-state index contributed by atoms with van der Waals surface area (Å²) in [6.07, 6.45) is 6.75. The van der Waals surface area contributed by atoms with Crippen molar-refractivity contribution in [2.75, 3.05) is 11.5 Å². The van der Waals surface area contributed by atoms with E-state index in [0.717, 1.165) is 24.2 Å². The molecule has 7 rings (SSSR count). The standard InChI is InChI=1S/C32H30N2/c33-29-15-13-25-23-7-3-1-5-21(23)17-27(25)31(29)19-9-11-20(12-10-19)32-28-18-22-6-2-4-8-24(22)26(28)14-16-30(32)34/h1-8,13-16,19-20H,9-12,17-18,33-34H2. The van der Waals surface area contributed by atoms with Gasteiger partial charge in [-0.3, -0.25) is 0 Å². The minimum absolute atomic E-state index is 0.538. The largest absolute Gasteiger partial charge is 0.398 e. The average molecular weight is 443 g/mol. The van der Waals surface area contributed by atoms with Crippen LogP contribution in [0.1, 0.15) is 70.9 Å². The molecule has 3 aliphatic rings. The molecule has 0 amide bonds. The normalized spacial score (nSPS) is 19.9. The fourth-order valence-corrected chi connectivity index (χ4v) is 7.14. The highest BCUT2D eigenvalue weighted by Crippen LogP contribution is 2.51. The van der Waals surface area contributed by atoms with Crippen LogP contribution in [0, 0.1) is 0 Å². The lowest BCUT2D eigenvalue weighted by atomic mass is 9.73. The van der Waals surface area contributed by atoms with E-state index in [1.165, 1.54) is 81.3 Å². The number of benzene rings is 4. The summed E-state index contributed by atoms with van der Waals surface area (Å²) in [5.41, 5.74) is 29.4. The van der Waals surface area contributed by atoms with E-state index in [9.17, 15) is 0 Å². The summed E-state index contributed by atoms with van der Waals surface area (Å²) in [6.45, 7) is 0. The zero-order chi connectivity index (χ0) is 22.8. The van der Waals surface area contributed by atoms with E-state index in [2.05, 4.69) is 72.8 Å². The van der Waals surface area contributed by atoms with Crippen LogP contribution < -0.4 is 11.5 Å². The molecule has 0 radical (unpaired) electrons. The third-order valence-corrected chi connectivity index (χ3v) is 8.67. The van der Waals surface area contributed by atoms with Crippen LogP contribution in [0.4, 0.5) is 11.4 Å². The van der Waals surface area contributed by atoms with Gasteiger partial charge in [-0.2, -0.15) is 0 Å². The third-order valence-electron chi connectivity index (χ3n) is 8.67. The minimum atomic E-state index is 0.538. The SMILES string of the molecule is Nc1ccc2c(c1C1CCC(c3c(N)ccc4c3Cc3ccccc3-4)CC1)Cc1ccccc1-2. The number of fused-ring (bicyclic) bond motifs is 6. The summed E-state index contributed by atoms with van der Waals surface area (Å²) < 4.78 is 0. The summed E-state index contributed by atoms with van der Waals surface area (Å²) in [6, 6.07) is 26.4. The van der Waals surface area contributed by atoms with Crippen molar-refractivity contribution in [3.63, 3.8) is 0 Å². The van der Waals surface area contributed by atoms with Crippen molar-refractivity contribution in [2.24, 2.45) is 0 Å². The smallest absolute Gasteiger partial charge is 0.0352 e. The van der Waals surface area contributed by atoms with Crippen LogP contribution in [-0.4, -0.2) is 0 Å². The minimum Gasteiger partial charge on any atom is -0.398 e. The predicted octanol–water partition coefficient (Wildman–Crippen LogP) is 7.43. The highest BCUT2D eigenvalue weighted by Gasteiger charge is 2.33. The van der Waals surface area contributed by atoms with Crippen molar-refractivity contribution >= 4 is 11.4 Å². The highest BCUT2D eigenvalue weighted by molar-refractivity contribution is 5.82. The second-order valence-corrected chi connectivity index (χ2v) is 10.4. The second kappa shape index (κ2) is 7.50. The first-order valence-corrected chi connectivity index (χ1v) is 12.7. The lowest BCUT2D eigenvalue weighted by Gasteiger charge is -2.32.